The second kappa shape index (κ2) is 7.69. The first-order valence-corrected chi connectivity index (χ1v) is 9.88. The topological polar surface area (TPSA) is 121 Å². The average molecular weight is 403 g/mol. The number of anilines is 1. The van der Waals surface area contributed by atoms with E-state index in [1.807, 2.05) is 0 Å². The molecule has 146 valence electrons. The van der Waals surface area contributed by atoms with Crippen LogP contribution in [0.2, 0.25) is 0 Å². The van der Waals surface area contributed by atoms with Gasteiger partial charge in [-0.1, -0.05) is 11.2 Å². The van der Waals surface area contributed by atoms with Gasteiger partial charge in [-0.2, -0.15) is 0 Å². The van der Waals surface area contributed by atoms with Crippen LogP contribution in [0.4, 0.5) is 6.01 Å². The van der Waals surface area contributed by atoms with Crippen molar-refractivity contribution in [2.75, 3.05) is 25.8 Å². The highest BCUT2D eigenvalue weighted by atomic mass is 32.2. The molecule has 1 amide bonds. The highest BCUT2D eigenvalue weighted by Gasteiger charge is 2.17. The van der Waals surface area contributed by atoms with Crippen LogP contribution in [-0.2, 0) is 9.84 Å². The maximum Gasteiger partial charge on any atom is 0.322 e. The molecule has 0 fully saturated rings. The summed E-state index contributed by atoms with van der Waals surface area (Å²) in [4.78, 5) is 12.4. The Balaban J connectivity index is 1.83. The van der Waals surface area contributed by atoms with Crippen molar-refractivity contribution in [2.24, 2.45) is 0 Å². The number of methoxy groups -OCH3 is 2. The number of hydrogen-bond acceptors (Lipinski definition) is 8. The number of rotatable bonds is 6. The summed E-state index contributed by atoms with van der Waals surface area (Å²) in [6.45, 7) is 0. The first-order valence-electron chi connectivity index (χ1n) is 7.99. The fourth-order valence-corrected chi connectivity index (χ4v) is 3.06. The fraction of sp³-hybridized carbons (Fsp3) is 0.167. The minimum atomic E-state index is -3.43. The van der Waals surface area contributed by atoms with Gasteiger partial charge in [-0.15, -0.1) is 5.10 Å². The van der Waals surface area contributed by atoms with Crippen molar-refractivity contribution in [3.63, 3.8) is 0 Å². The Hall–Kier alpha value is -3.40. The summed E-state index contributed by atoms with van der Waals surface area (Å²) < 4.78 is 39.2. The molecular weight excluding hydrogens is 386 g/mol. The third kappa shape index (κ3) is 4.12. The quantitative estimate of drug-likeness (QED) is 0.666. The van der Waals surface area contributed by atoms with Gasteiger partial charge in [0.15, 0.2) is 9.84 Å². The lowest BCUT2D eigenvalue weighted by atomic mass is 10.2. The van der Waals surface area contributed by atoms with Gasteiger partial charge in [0, 0.05) is 17.9 Å². The SMILES string of the molecule is COc1ccc(-c2nnc(NC(=O)c3cccc(S(C)(=O)=O)c3)o2)c(OC)c1. The average Bonchev–Trinajstić information content (AvgIpc) is 3.15. The number of aromatic nitrogens is 2. The van der Waals surface area contributed by atoms with E-state index in [-0.39, 0.29) is 22.4 Å². The molecule has 3 aromatic rings. The molecule has 9 nitrogen and oxygen atoms in total. The predicted octanol–water partition coefficient (Wildman–Crippen LogP) is 2.41. The summed E-state index contributed by atoms with van der Waals surface area (Å²) in [6.07, 6.45) is 1.07. The van der Waals surface area contributed by atoms with Crippen LogP contribution in [0.3, 0.4) is 0 Å². The molecule has 0 saturated heterocycles. The molecule has 3 rings (SSSR count). The van der Waals surface area contributed by atoms with Crippen LogP contribution in [0, 0.1) is 0 Å². The Bertz CT molecular complexity index is 1120. The third-order valence-corrected chi connectivity index (χ3v) is 4.92. The van der Waals surface area contributed by atoms with Gasteiger partial charge in [0.1, 0.15) is 11.5 Å². The van der Waals surface area contributed by atoms with Crippen LogP contribution in [-0.4, -0.2) is 45.0 Å². The van der Waals surface area contributed by atoms with Crippen LogP contribution in [0.25, 0.3) is 11.5 Å². The molecule has 0 saturated carbocycles. The molecule has 10 heteroatoms. The standard InChI is InChI=1S/C18H17N3O6S/c1-25-12-7-8-14(15(10-12)26-2)17-20-21-18(27-17)19-16(22)11-5-4-6-13(9-11)28(3,23)24/h4-10H,1-3H3,(H,19,21,22). The molecule has 1 N–H and O–H groups in total. The summed E-state index contributed by atoms with van der Waals surface area (Å²) in [5.74, 6) is 0.614. The third-order valence-electron chi connectivity index (χ3n) is 3.81. The van der Waals surface area contributed by atoms with Gasteiger partial charge in [-0.25, -0.2) is 8.42 Å². The molecule has 2 aromatic carbocycles. The molecule has 1 heterocycles. The van der Waals surface area contributed by atoms with Crippen molar-refractivity contribution in [3.05, 3.63) is 48.0 Å². The zero-order chi connectivity index (χ0) is 20.3. The Morgan fingerprint density at radius 1 is 1.07 bits per heavy atom. The number of hydrogen-bond donors (Lipinski definition) is 1. The zero-order valence-corrected chi connectivity index (χ0v) is 16.1. The van der Waals surface area contributed by atoms with Crippen molar-refractivity contribution in [3.8, 4) is 23.0 Å². The lowest BCUT2D eigenvalue weighted by molar-refractivity contribution is 0.102. The Labute approximate surface area is 161 Å². The maximum absolute atomic E-state index is 12.4. The first kappa shape index (κ1) is 19.4. The molecule has 0 unspecified atom stereocenters. The van der Waals surface area contributed by atoms with Crippen molar-refractivity contribution in [1.82, 2.24) is 10.2 Å². The van der Waals surface area contributed by atoms with Gasteiger partial charge in [0.05, 0.1) is 24.7 Å². The summed E-state index contributed by atoms with van der Waals surface area (Å²) >= 11 is 0. The molecule has 0 aliphatic rings. The molecule has 0 radical (unpaired) electrons. The molecular formula is C18H17N3O6S. The highest BCUT2D eigenvalue weighted by molar-refractivity contribution is 7.90. The zero-order valence-electron chi connectivity index (χ0n) is 15.3. The highest BCUT2D eigenvalue weighted by Crippen LogP contribution is 2.33. The molecule has 0 atom stereocenters. The minimum Gasteiger partial charge on any atom is -0.497 e. The molecule has 1 aromatic heterocycles. The van der Waals surface area contributed by atoms with Crippen molar-refractivity contribution in [2.45, 2.75) is 4.90 Å². The lowest BCUT2D eigenvalue weighted by Crippen LogP contribution is -2.13. The summed E-state index contributed by atoms with van der Waals surface area (Å²) in [7, 11) is -0.405. The maximum atomic E-state index is 12.4. The largest absolute Gasteiger partial charge is 0.497 e. The molecule has 0 aliphatic heterocycles. The van der Waals surface area contributed by atoms with E-state index in [4.69, 9.17) is 13.9 Å². The second-order valence-electron chi connectivity index (χ2n) is 5.73. The number of sulfone groups is 1. The number of nitrogens with zero attached hydrogens (tertiary/aromatic N) is 2. The van der Waals surface area contributed by atoms with Gasteiger partial charge < -0.3 is 13.9 Å². The predicted molar refractivity (Wildman–Crippen MR) is 100 cm³/mol. The van der Waals surface area contributed by atoms with Crippen molar-refractivity contribution in [1.29, 1.82) is 0 Å². The van der Waals surface area contributed by atoms with Gasteiger partial charge in [-0.3, -0.25) is 10.1 Å². The van der Waals surface area contributed by atoms with E-state index in [0.717, 1.165) is 6.26 Å². The monoisotopic (exact) mass is 403 g/mol. The van der Waals surface area contributed by atoms with E-state index in [1.54, 1.807) is 18.2 Å². The second-order valence-corrected chi connectivity index (χ2v) is 7.75. The summed E-state index contributed by atoms with van der Waals surface area (Å²) in [5, 5.41) is 10.1. The number of benzene rings is 2. The van der Waals surface area contributed by atoms with Crippen molar-refractivity contribution >= 4 is 21.8 Å². The van der Waals surface area contributed by atoms with Crippen LogP contribution < -0.4 is 14.8 Å². The fourth-order valence-electron chi connectivity index (χ4n) is 2.40. The Morgan fingerprint density at radius 2 is 1.86 bits per heavy atom. The van der Waals surface area contributed by atoms with E-state index in [9.17, 15) is 13.2 Å². The van der Waals surface area contributed by atoms with E-state index in [2.05, 4.69) is 15.5 Å². The summed E-state index contributed by atoms with van der Waals surface area (Å²) in [6, 6.07) is 10.6. The molecule has 0 bridgehead atoms. The van der Waals surface area contributed by atoms with Crippen LogP contribution in [0.15, 0.2) is 51.8 Å². The number of ether oxygens (including phenoxy) is 2. The number of amides is 1. The normalized spacial score (nSPS) is 11.1. The van der Waals surface area contributed by atoms with E-state index in [1.165, 1.54) is 38.5 Å². The van der Waals surface area contributed by atoms with Gasteiger partial charge in [-0.05, 0) is 30.3 Å². The summed E-state index contributed by atoms with van der Waals surface area (Å²) in [5.41, 5.74) is 0.667. The van der Waals surface area contributed by atoms with Crippen molar-refractivity contribution < 1.29 is 27.1 Å². The Kier molecular flexibility index (Phi) is 5.32. The van der Waals surface area contributed by atoms with Crippen LogP contribution >= 0.6 is 0 Å². The van der Waals surface area contributed by atoms with E-state index < -0.39 is 15.7 Å². The molecule has 28 heavy (non-hydrogen) atoms. The molecule has 0 spiro atoms. The first-order chi connectivity index (χ1) is 13.3. The Morgan fingerprint density at radius 3 is 2.54 bits per heavy atom. The van der Waals surface area contributed by atoms with E-state index >= 15 is 0 Å². The number of nitrogens with one attached hydrogen (secondary N) is 1. The van der Waals surface area contributed by atoms with E-state index in [0.29, 0.717) is 17.1 Å². The van der Waals surface area contributed by atoms with Gasteiger partial charge >= 0.3 is 6.01 Å². The van der Waals surface area contributed by atoms with Gasteiger partial charge in [0.25, 0.3) is 11.8 Å². The van der Waals surface area contributed by atoms with Crippen LogP contribution in [0.1, 0.15) is 10.4 Å². The number of carbonyl (C=O) groups is 1. The lowest BCUT2D eigenvalue weighted by Gasteiger charge is -2.07. The van der Waals surface area contributed by atoms with Gasteiger partial charge in [0.2, 0.25) is 0 Å². The van der Waals surface area contributed by atoms with Crippen LogP contribution in [0.5, 0.6) is 11.5 Å². The number of carbonyl (C=O) groups excluding carboxylic acids is 1. The minimum absolute atomic E-state index is 0.0364. The smallest absolute Gasteiger partial charge is 0.322 e. The molecule has 0 aliphatic carbocycles.